The minimum atomic E-state index is -3.60. The molecule has 0 aromatic heterocycles. The van der Waals surface area contributed by atoms with Gasteiger partial charge in [0.05, 0.1) is 17.6 Å². The average molecular weight is 284 g/mol. The predicted molar refractivity (Wildman–Crippen MR) is 68.9 cm³/mol. The summed E-state index contributed by atoms with van der Waals surface area (Å²) in [5, 5.41) is 2.61. The van der Waals surface area contributed by atoms with Crippen molar-refractivity contribution in [1.29, 1.82) is 0 Å². The van der Waals surface area contributed by atoms with E-state index in [0.29, 0.717) is 18.5 Å². The third-order valence-electron chi connectivity index (χ3n) is 3.75. The minimum absolute atomic E-state index is 0.202. The first kappa shape index (κ1) is 12.4. The summed E-state index contributed by atoms with van der Waals surface area (Å²) in [5.41, 5.74) is -0.491. The van der Waals surface area contributed by atoms with Gasteiger partial charge in [0.2, 0.25) is 10.0 Å². The van der Waals surface area contributed by atoms with Gasteiger partial charge in [-0.05, 0) is 37.5 Å². The Hall–Kier alpha value is -1.63. The molecule has 19 heavy (non-hydrogen) atoms. The fourth-order valence-corrected chi connectivity index (χ4v) is 4.20. The zero-order chi connectivity index (χ0) is 13.8. The van der Waals surface area contributed by atoms with Gasteiger partial charge < -0.3 is 5.32 Å². The molecule has 1 aromatic rings. The molecule has 1 aliphatic carbocycles. The van der Waals surface area contributed by atoms with E-state index in [1.54, 1.807) is 0 Å². The molecule has 7 heteroatoms. The number of rotatable bonds is 1. The summed E-state index contributed by atoms with van der Waals surface area (Å²) in [6.45, 7) is 0. The summed E-state index contributed by atoms with van der Waals surface area (Å²) in [5.74, 6) is -0.890. The highest BCUT2D eigenvalue weighted by molar-refractivity contribution is 7.92. The van der Waals surface area contributed by atoms with E-state index in [9.17, 15) is 17.6 Å². The lowest BCUT2D eigenvalue weighted by Crippen LogP contribution is -2.65. The van der Waals surface area contributed by atoms with E-state index in [0.717, 1.165) is 23.0 Å². The number of benzene rings is 1. The molecule has 1 N–H and O–H groups in total. The largest absolute Gasteiger partial charge is 0.322 e. The van der Waals surface area contributed by atoms with Gasteiger partial charge in [0.15, 0.2) is 0 Å². The minimum Gasteiger partial charge on any atom is -0.322 e. The number of fused-ring (bicyclic) bond motifs is 1. The van der Waals surface area contributed by atoms with Crippen molar-refractivity contribution in [2.24, 2.45) is 0 Å². The third kappa shape index (κ3) is 1.64. The second kappa shape index (κ2) is 3.69. The van der Waals surface area contributed by atoms with Gasteiger partial charge in [0.1, 0.15) is 11.4 Å². The Bertz CT molecular complexity index is 668. The molecule has 0 unspecified atom stereocenters. The van der Waals surface area contributed by atoms with Gasteiger partial charge in [-0.3, -0.25) is 9.10 Å². The highest BCUT2D eigenvalue weighted by atomic mass is 32.2. The quantitative estimate of drug-likeness (QED) is 0.849. The van der Waals surface area contributed by atoms with E-state index in [4.69, 9.17) is 0 Å². The number of hydrogen-bond acceptors (Lipinski definition) is 3. The summed E-state index contributed by atoms with van der Waals surface area (Å²) in [6, 6.07) is 3.73. The Morgan fingerprint density at radius 1 is 1.37 bits per heavy atom. The van der Waals surface area contributed by atoms with Crippen LogP contribution in [0.1, 0.15) is 19.3 Å². The van der Waals surface area contributed by atoms with E-state index in [1.165, 1.54) is 12.1 Å². The van der Waals surface area contributed by atoms with Crippen molar-refractivity contribution in [3.63, 3.8) is 0 Å². The average Bonchev–Trinajstić information content (AvgIpc) is 2.23. The van der Waals surface area contributed by atoms with Crippen LogP contribution in [0.2, 0.25) is 0 Å². The van der Waals surface area contributed by atoms with Crippen molar-refractivity contribution in [2.75, 3.05) is 15.9 Å². The Morgan fingerprint density at radius 3 is 2.58 bits per heavy atom. The number of nitrogens with zero attached hydrogens (tertiary/aromatic N) is 1. The first-order chi connectivity index (χ1) is 8.84. The van der Waals surface area contributed by atoms with Crippen LogP contribution in [-0.4, -0.2) is 26.1 Å². The maximum absolute atomic E-state index is 13.2. The van der Waals surface area contributed by atoms with Crippen molar-refractivity contribution >= 4 is 27.3 Å². The molecule has 0 saturated heterocycles. The fraction of sp³-hybridized carbons (Fsp3) is 0.417. The lowest BCUT2D eigenvalue weighted by atomic mass is 9.74. The molecular weight excluding hydrogens is 271 g/mol. The zero-order valence-corrected chi connectivity index (χ0v) is 11.1. The molecule has 5 nitrogen and oxygen atoms in total. The molecule has 1 heterocycles. The van der Waals surface area contributed by atoms with Crippen LogP contribution in [0.5, 0.6) is 0 Å². The number of nitrogens with one attached hydrogen (secondary N) is 1. The molecule has 3 rings (SSSR count). The van der Waals surface area contributed by atoms with Gasteiger partial charge in [-0.1, -0.05) is 0 Å². The Kier molecular flexibility index (Phi) is 2.41. The first-order valence-electron chi connectivity index (χ1n) is 5.96. The number of sulfonamides is 1. The lowest BCUT2D eigenvalue weighted by molar-refractivity contribution is -0.123. The van der Waals surface area contributed by atoms with Crippen molar-refractivity contribution in [3.05, 3.63) is 24.0 Å². The summed E-state index contributed by atoms with van der Waals surface area (Å²) < 4.78 is 38.4. The molecule has 1 spiro atoms. The molecule has 1 saturated carbocycles. The van der Waals surface area contributed by atoms with Crippen LogP contribution in [0.3, 0.4) is 0 Å². The highest BCUT2D eigenvalue weighted by Gasteiger charge is 2.55. The summed E-state index contributed by atoms with van der Waals surface area (Å²) in [7, 11) is -3.60. The van der Waals surface area contributed by atoms with E-state index < -0.39 is 21.4 Å². The van der Waals surface area contributed by atoms with Crippen LogP contribution < -0.4 is 9.62 Å². The van der Waals surface area contributed by atoms with Crippen LogP contribution in [0.25, 0.3) is 0 Å². The number of carbonyl (C=O) groups is 1. The molecule has 1 aromatic carbocycles. The SMILES string of the molecule is CS(=O)(=O)N1c2ccc(F)cc2NC(=O)C12CCC2. The van der Waals surface area contributed by atoms with Crippen molar-refractivity contribution in [1.82, 2.24) is 0 Å². The molecule has 0 radical (unpaired) electrons. The van der Waals surface area contributed by atoms with E-state index in [2.05, 4.69) is 5.32 Å². The normalized spacial score (nSPS) is 20.7. The van der Waals surface area contributed by atoms with Crippen molar-refractivity contribution in [2.45, 2.75) is 24.8 Å². The summed E-state index contributed by atoms with van der Waals surface area (Å²) in [4.78, 5) is 12.2. The second-order valence-corrected chi connectivity index (χ2v) is 6.86. The van der Waals surface area contributed by atoms with Gasteiger partial charge >= 0.3 is 0 Å². The predicted octanol–water partition coefficient (Wildman–Crippen LogP) is 1.47. The zero-order valence-electron chi connectivity index (χ0n) is 10.3. The lowest BCUT2D eigenvalue weighted by Gasteiger charge is -2.51. The Morgan fingerprint density at radius 2 is 2.05 bits per heavy atom. The maximum atomic E-state index is 13.2. The monoisotopic (exact) mass is 284 g/mol. The first-order valence-corrected chi connectivity index (χ1v) is 7.81. The Balaban J connectivity index is 2.24. The van der Waals surface area contributed by atoms with Crippen molar-refractivity contribution < 1.29 is 17.6 Å². The van der Waals surface area contributed by atoms with Crippen LogP contribution in [0, 0.1) is 5.82 Å². The highest BCUT2D eigenvalue weighted by Crippen LogP contribution is 2.48. The molecule has 0 bridgehead atoms. The smallest absolute Gasteiger partial charge is 0.251 e. The third-order valence-corrected chi connectivity index (χ3v) is 4.96. The molecule has 2 aliphatic rings. The van der Waals surface area contributed by atoms with Crippen LogP contribution in [0.15, 0.2) is 18.2 Å². The molecule has 1 aliphatic heterocycles. The van der Waals surface area contributed by atoms with Gasteiger partial charge in [-0.15, -0.1) is 0 Å². The molecule has 102 valence electrons. The standard InChI is InChI=1S/C12H13FN2O3S/c1-19(17,18)15-10-4-3-8(13)7-9(10)14-11(16)12(15)5-2-6-12/h3-4,7H,2,5-6H2,1H3,(H,14,16). The number of anilines is 2. The van der Waals surface area contributed by atoms with Crippen molar-refractivity contribution in [3.8, 4) is 0 Å². The van der Waals surface area contributed by atoms with E-state index in [1.807, 2.05) is 0 Å². The molecule has 0 atom stereocenters. The van der Waals surface area contributed by atoms with Crippen LogP contribution >= 0.6 is 0 Å². The van der Waals surface area contributed by atoms with Gasteiger partial charge in [0.25, 0.3) is 5.91 Å². The topological polar surface area (TPSA) is 66.5 Å². The molecular formula is C12H13FN2O3S. The maximum Gasteiger partial charge on any atom is 0.251 e. The van der Waals surface area contributed by atoms with Gasteiger partial charge in [-0.25, -0.2) is 12.8 Å². The molecule has 1 amide bonds. The number of amides is 1. The number of halogens is 1. The van der Waals surface area contributed by atoms with Gasteiger partial charge in [-0.2, -0.15) is 0 Å². The summed E-state index contributed by atoms with van der Waals surface area (Å²) in [6.07, 6.45) is 2.85. The number of hydrogen-bond donors (Lipinski definition) is 1. The molecule has 1 fully saturated rings. The van der Waals surface area contributed by atoms with E-state index in [-0.39, 0.29) is 11.6 Å². The second-order valence-electron chi connectivity index (χ2n) is 5.03. The Labute approximate surface area is 110 Å². The fourth-order valence-electron chi connectivity index (χ4n) is 2.78. The summed E-state index contributed by atoms with van der Waals surface area (Å²) >= 11 is 0. The van der Waals surface area contributed by atoms with E-state index >= 15 is 0 Å². The number of carbonyl (C=O) groups excluding carboxylic acids is 1. The van der Waals surface area contributed by atoms with Gasteiger partial charge in [0, 0.05) is 0 Å². The van der Waals surface area contributed by atoms with Crippen LogP contribution in [0.4, 0.5) is 15.8 Å². The van der Waals surface area contributed by atoms with Crippen LogP contribution in [-0.2, 0) is 14.8 Å².